The van der Waals surface area contributed by atoms with Crippen LogP contribution in [-0.4, -0.2) is 48.4 Å². The molecule has 2 aromatic carbocycles. The Morgan fingerprint density at radius 1 is 1.16 bits per heavy atom. The van der Waals surface area contributed by atoms with E-state index in [2.05, 4.69) is 10.3 Å². The van der Waals surface area contributed by atoms with Crippen LogP contribution in [0.3, 0.4) is 0 Å². The molecule has 0 saturated carbocycles. The lowest BCUT2D eigenvalue weighted by atomic mass is 9.89. The van der Waals surface area contributed by atoms with Gasteiger partial charge in [-0.05, 0) is 54.7 Å². The lowest BCUT2D eigenvalue weighted by Crippen LogP contribution is -2.43. The van der Waals surface area contributed by atoms with Crippen LogP contribution >= 0.6 is 0 Å². The highest BCUT2D eigenvalue weighted by atomic mass is 19.1. The van der Waals surface area contributed by atoms with Crippen LogP contribution in [0.15, 0.2) is 42.6 Å². The summed E-state index contributed by atoms with van der Waals surface area (Å²) in [5.41, 5.74) is 1.97. The summed E-state index contributed by atoms with van der Waals surface area (Å²) in [6.45, 7) is 0.909. The number of rotatable bonds is 5. The summed E-state index contributed by atoms with van der Waals surface area (Å²) in [6, 6.07) is 8.63. The Bertz CT molecular complexity index is 1120. The van der Waals surface area contributed by atoms with Gasteiger partial charge in [0.05, 0.1) is 19.2 Å². The van der Waals surface area contributed by atoms with Gasteiger partial charge in [-0.15, -0.1) is 0 Å². The molecule has 0 spiro atoms. The number of aromatic nitrogens is 1. The lowest BCUT2D eigenvalue weighted by Gasteiger charge is -2.32. The normalized spacial score (nSPS) is 14.6. The molecule has 6 nitrogen and oxygen atoms in total. The SMILES string of the molecule is COc1ccc2[nH]cc(C3CCN(C(=O)CNC(=O)c4ccc(F)cc4F)CC3)c2c1. The molecule has 1 aromatic heterocycles. The van der Waals surface area contributed by atoms with Crippen LogP contribution in [-0.2, 0) is 4.79 Å². The molecule has 0 radical (unpaired) electrons. The van der Waals surface area contributed by atoms with Gasteiger partial charge >= 0.3 is 0 Å². The Hall–Kier alpha value is -3.42. The first-order chi connectivity index (χ1) is 15.0. The number of fused-ring (bicyclic) bond motifs is 1. The molecule has 31 heavy (non-hydrogen) atoms. The molecule has 162 valence electrons. The predicted molar refractivity (Wildman–Crippen MR) is 112 cm³/mol. The number of carbonyl (C=O) groups excluding carboxylic acids is 2. The van der Waals surface area contributed by atoms with E-state index in [9.17, 15) is 18.4 Å². The zero-order chi connectivity index (χ0) is 22.0. The number of aromatic amines is 1. The first-order valence-corrected chi connectivity index (χ1v) is 10.1. The summed E-state index contributed by atoms with van der Waals surface area (Å²) in [5.74, 6) is -1.58. The summed E-state index contributed by atoms with van der Waals surface area (Å²) in [7, 11) is 1.64. The van der Waals surface area contributed by atoms with E-state index in [0.717, 1.165) is 41.6 Å². The summed E-state index contributed by atoms with van der Waals surface area (Å²) >= 11 is 0. The zero-order valence-corrected chi connectivity index (χ0v) is 17.1. The van der Waals surface area contributed by atoms with Crippen molar-refractivity contribution in [2.45, 2.75) is 18.8 Å². The maximum absolute atomic E-state index is 13.7. The standard InChI is InChI=1S/C23H23F2N3O3/c1-31-16-3-5-21-18(11-16)19(12-26-21)14-6-8-28(9-7-14)22(29)13-27-23(30)17-4-2-15(24)10-20(17)25/h2-5,10-12,14,26H,6-9,13H2,1H3,(H,27,30). The largest absolute Gasteiger partial charge is 0.497 e. The fourth-order valence-electron chi connectivity index (χ4n) is 4.06. The third kappa shape index (κ3) is 4.38. The number of hydrogen-bond acceptors (Lipinski definition) is 3. The lowest BCUT2D eigenvalue weighted by molar-refractivity contribution is -0.131. The number of ether oxygens (including phenoxy) is 1. The third-order valence-electron chi connectivity index (χ3n) is 5.78. The number of halogens is 2. The van der Waals surface area contributed by atoms with Gasteiger partial charge in [0.25, 0.3) is 5.91 Å². The zero-order valence-electron chi connectivity index (χ0n) is 17.1. The highest BCUT2D eigenvalue weighted by molar-refractivity contribution is 5.96. The minimum absolute atomic E-state index is 0.227. The van der Waals surface area contributed by atoms with Crippen molar-refractivity contribution < 1.29 is 23.1 Å². The number of likely N-dealkylation sites (tertiary alicyclic amines) is 1. The summed E-state index contributed by atoms with van der Waals surface area (Å²) in [6.07, 6.45) is 3.62. The summed E-state index contributed by atoms with van der Waals surface area (Å²) in [5, 5.41) is 3.54. The number of H-pyrrole nitrogens is 1. The Balaban J connectivity index is 1.33. The molecule has 0 atom stereocenters. The molecular weight excluding hydrogens is 404 g/mol. The van der Waals surface area contributed by atoms with Crippen LogP contribution in [0.5, 0.6) is 5.75 Å². The first-order valence-electron chi connectivity index (χ1n) is 10.1. The predicted octanol–water partition coefficient (Wildman–Crippen LogP) is 3.59. The molecule has 3 aromatic rings. The van der Waals surface area contributed by atoms with Gasteiger partial charge in [-0.25, -0.2) is 8.78 Å². The van der Waals surface area contributed by atoms with Crippen LogP contribution < -0.4 is 10.1 Å². The number of amides is 2. The van der Waals surface area contributed by atoms with Gasteiger partial charge in [-0.3, -0.25) is 9.59 Å². The molecule has 2 N–H and O–H groups in total. The number of hydrogen-bond donors (Lipinski definition) is 2. The maximum Gasteiger partial charge on any atom is 0.254 e. The first kappa shape index (κ1) is 20.8. The molecular formula is C23H23F2N3O3. The van der Waals surface area contributed by atoms with E-state index in [0.29, 0.717) is 25.1 Å². The smallest absolute Gasteiger partial charge is 0.254 e. The van der Waals surface area contributed by atoms with Gasteiger partial charge in [0.15, 0.2) is 0 Å². The highest BCUT2D eigenvalue weighted by Crippen LogP contribution is 2.34. The Morgan fingerprint density at radius 2 is 1.94 bits per heavy atom. The van der Waals surface area contributed by atoms with E-state index in [1.54, 1.807) is 12.0 Å². The average molecular weight is 427 g/mol. The van der Waals surface area contributed by atoms with Gasteiger partial charge in [0.1, 0.15) is 17.4 Å². The third-order valence-corrected chi connectivity index (χ3v) is 5.78. The van der Waals surface area contributed by atoms with Crippen molar-refractivity contribution in [1.82, 2.24) is 15.2 Å². The van der Waals surface area contributed by atoms with E-state index in [1.807, 2.05) is 24.4 Å². The molecule has 1 aliphatic heterocycles. The molecule has 0 aliphatic carbocycles. The van der Waals surface area contributed by atoms with Crippen LogP contribution in [0.4, 0.5) is 8.78 Å². The van der Waals surface area contributed by atoms with Gasteiger partial charge in [-0.2, -0.15) is 0 Å². The quantitative estimate of drug-likeness (QED) is 0.654. The van der Waals surface area contributed by atoms with Gasteiger partial charge in [0, 0.05) is 36.3 Å². The Morgan fingerprint density at radius 3 is 2.65 bits per heavy atom. The van der Waals surface area contributed by atoms with Crippen LogP contribution in [0.1, 0.15) is 34.7 Å². The van der Waals surface area contributed by atoms with E-state index in [4.69, 9.17) is 4.74 Å². The molecule has 0 bridgehead atoms. The van der Waals surface area contributed by atoms with Crippen molar-refractivity contribution in [3.63, 3.8) is 0 Å². The minimum atomic E-state index is -0.957. The molecule has 2 heterocycles. The summed E-state index contributed by atoms with van der Waals surface area (Å²) in [4.78, 5) is 29.6. The van der Waals surface area contributed by atoms with Crippen LogP contribution in [0.2, 0.25) is 0 Å². The number of benzene rings is 2. The maximum atomic E-state index is 13.7. The van der Waals surface area contributed by atoms with Gasteiger partial charge in [0.2, 0.25) is 5.91 Å². The highest BCUT2D eigenvalue weighted by Gasteiger charge is 2.26. The second-order valence-electron chi connectivity index (χ2n) is 7.62. The molecule has 1 aliphatic rings. The minimum Gasteiger partial charge on any atom is -0.497 e. The number of methoxy groups -OCH3 is 1. The number of piperidine rings is 1. The summed E-state index contributed by atoms with van der Waals surface area (Å²) < 4.78 is 32.0. The topological polar surface area (TPSA) is 74.4 Å². The molecule has 1 saturated heterocycles. The van der Waals surface area contributed by atoms with E-state index >= 15 is 0 Å². The fraction of sp³-hybridized carbons (Fsp3) is 0.304. The average Bonchev–Trinajstić information content (AvgIpc) is 3.20. The molecule has 8 heteroatoms. The van der Waals surface area contributed by atoms with Crippen molar-refractivity contribution >= 4 is 22.7 Å². The van der Waals surface area contributed by atoms with E-state index in [-0.39, 0.29) is 18.0 Å². The fourth-order valence-corrected chi connectivity index (χ4v) is 4.06. The molecule has 0 unspecified atom stereocenters. The number of carbonyl (C=O) groups is 2. The van der Waals surface area contributed by atoms with Crippen LogP contribution in [0, 0.1) is 11.6 Å². The molecule has 4 rings (SSSR count). The van der Waals surface area contributed by atoms with Crippen LogP contribution in [0.25, 0.3) is 10.9 Å². The second-order valence-corrected chi connectivity index (χ2v) is 7.62. The Kier molecular flexibility index (Phi) is 5.88. The van der Waals surface area contributed by atoms with Crippen molar-refractivity contribution in [3.8, 4) is 5.75 Å². The van der Waals surface area contributed by atoms with Crippen molar-refractivity contribution in [2.24, 2.45) is 0 Å². The number of nitrogens with one attached hydrogen (secondary N) is 2. The number of nitrogens with zero attached hydrogens (tertiary/aromatic N) is 1. The van der Waals surface area contributed by atoms with Crippen molar-refractivity contribution in [1.29, 1.82) is 0 Å². The van der Waals surface area contributed by atoms with E-state index < -0.39 is 17.5 Å². The van der Waals surface area contributed by atoms with Crippen molar-refractivity contribution in [2.75, 3.05) is 26.7 Å². The van der Waals surface area contributed by atoms with E-state index in [1.165, 1.54) is 5.56 Å². The Labute approximate surface area is 178 Å². The monoisotopic (exact) mass is 427 g/mol. The molecule has 2 amide bonds. The second kappa shape index (κ2) is 8.75. The van der Waals surface area contributed by atoms with Gasteiger partial charge < -0.3 is 19.9 Å². The molecule has 1 fully saturated rings. The van der Waals surface area contributed by atoms with Gasteiger partial charge in [-0.1, -0.05) is 0 Å². The van der Waals surface area contributed by atoms with Crippen molar-refractivity contribution in [3.05, 3.63) is 65.4 Å².